The van der Waals surface area contributed by atoms with Crippen LogP contribution in [-0.4, -0.2) is 32.5 Å². The third-order valence-electron chi connectivity index (χ3n) is 4.10. The van der Waals surface area contributed by atoms with Crippen LogP contribution in [0.3, 0.4) is 0 Å². The molecule has 1 aliphatic heterocycles. The van der Waals surface area contributed by atoms with Crippen molar-refractivity contribution in [3.8, 4) is 5.75 Å². The van der Waals surface area contributed by atoms with Crippen LogP contribution in [0, 0.1) is 5.82 Å². The number of quaternary nitrogens is 1. The van der Waals surface area contributed by atoms with E-state index in [1.165, 1.54) is 23.1 Å². The Morgan fingerprint density at radius 1 is 1.20 bits per heavy atom. The summed E-state index contributed by atoms with van der Waals surface area (Å²) in [6, 6.07) is 9.48. The number of amides is 1. The van der Waals surface area contributed by atoms with E-state index in [4.69, 9.17) is 4.74 Å². The molecule has 1 amide bonds. The number of benzene rings is 2. The van der Waals surface area contributed by atoms with E-state index in [1.807, 2.05) is 25.2 Å². The average molecular weight is 408 g/mol. The minimum absolute atomic E-state index is 0.247. The van der Waals surface area contributed by atoms with Crippen LogP contribution in [-0.2, 0) is 11.3 Å². The Hall–Kier alpha value is -2.25. The number of nitrogens with zero attached hydrogens (tertiary/aromatic N) is 1. The summed E-state index contributed by atoms with van der Waals surface area (Å²) in [7, 11) is 3.50. The van der Waals surface area contributed by atoms with Gasteiger partial charge in [-0.3, -0.25) is 14.5 Å². The maximum absolute atomic E-state index is 13.5. The van der Waals surface area contributed by atoms with Crippen molar-refractivity contribution in [2.45, 2.75) is 6.54 Å². The number of ether oxygens (including phenoxy) is 1. The summed E-state index contributed by atoms with van der Waals surface area (Å²) < 4.78 is 19.8. The van der Waals surface area contributed by atoms with Crippen LogP contribution in [0.2, 0.25) is 0 Å². The molecule has 0 aromatic heterocycles. The highest BCUT2D eigenvalue weighted by Gasteiger charge is 2.37. The first-order chi connectivity index (χ1) is 11.9. The molecule has 2 aromatic rings. The van der Waals surface area contributed by atoms with Crippen molar-refractivity contribution < 1.29 is 23.6 Å². The van der Waals surface area contributed by atoms with Gasteiger partial charge in [0.25, 0.3) is 5.78 Å². The largest absolute Gasteiger partial charge is 0.496 e. The predicted molar refractivity (Wildman–Crippen MR) is 94.4 cm³/mol. The molecule has 2 aromatic carbocycles. The average Bonchev–Trinajstić information content (AvgIpc) is 2.79. The van der Waals surface area contributed by atoms with E-state index < -0.39 is 17.5 Å². The zero-order valence-electron chi connectivity index (χ0n) is 13.8. The summed E-state index contributed by atoms with van der Waals surface area (Å²) in [5.74, 6) is -0.945. The van der Waals surface area contributed by atoms with Gasteiger partial charge in [-0.25, -0.2) is 4.39 Å². The van der Waals surface area contributed by atoms with Gasteiger partial charge >= 0.3 is 5.91 Å². The minimum atomic E-state index is -0.624. The molecule has 25 heavy (non-hydrogen) atoms. The van der Waals surface area contributed by atoms with E-state index in [2.05, 4.69) is 15.9 Å². The lowest BCUT2D eigenvalue weighted by atomic mass is 10.1. The molecule has 1 unspecified atom stereocenters. The molecule has 0 saturated carbocycles. The molecular formula is C18H17BrFN2O3+. The standard InChI is InChI=1S/C18H16BrFN2O3/c1-21(9-11-7-12(19)3-6-16(11)25-2)10-22-15-8-13(20)4-5-14(15)17(23)18(22)24/h3-8H,9-10H2,1-2H3/p+1. The van der Waals surface area contributed by atoms with Crippen LogP contribution in [0.25, 0.3) is 0 Å². The van der Waals surface area contributed by atoms with Crippen LogP contribution in [0.5, 0.6) is 5.75 Å². The summed E-state index contributed by atoms with van der Waals surface area (Å²) in [5, 5.41) is 0. The van der Waals surface area contributed by atoms with Crippen molar-refractivity contribution in [3.63, 3.8) is 0 Å². The Balaban J connectivity index is 1.81. The molecule has 1 heterocycles. The van der Waals surface area contributed by atoms with Crippen LogP contribution in [0.15, 0.2) is 40.9 Å². The fourth-order valence-corrected chi connectivity index (χ4v) is 3.37. The molecule has 0 aliphatic carbocycles. The number of ketones is 1. The molecule has 0 spiro atoms. The molecule has 0 saturated heterocycles. The second-order valence-corrected chi connectivity index (χ2v) is 6.89. The second-order valence-electron chi connectivity index (χ2n) is 5.97. The van der Waals surface area contributed by atoms with E-state index in [0.717, 1.165) is 20.7 Å². The highest BCUT2D eigenvalue weighted by Crippen LogP contribution is 2.28. The lowest BCUT2D eigenvalue weighted by Crippen LogP contribution is -3.09. The van der Waals surface area contributed by atoms with Crippen molar-refractivity contribution in [3.05, 3.63) is 57.8 Å². The number of carbonyl (C=O) groups excluding carboxylic acids is 2. The van der Waals surface area contributed by atoms with E-state index in [1.54, 1.807) is 7.11 Å². The van der Waals surface area contributed by atoms with Gasteiger partial charge in [0.1, 0.15) is 18.1 Å². The van der Waals surface area contributed by atoms with Crippen LogP contribution in [0.4, 0.5) is 10.1 Å². The van der Waals surface area contributed by atoms with E-state index in [0.29, 0.717) is 12.2 Å². The first-order valence-electron chi connectivity index (χ1n) is 7.70. The number of nitrogens with one attached hydrogen (secondary N) is 1. The fraction of sp³-hybridized carbons (Fsp3) is 0.222. The Kier molecular flexibility index (Phi) is 4.87. The van der Waals surface area contributed by atoms with Crippen LogP contribution < -0.4 is 14.5 Å². The highest BCUT2D eigenvalue weighted by atomic mass is 79.9. The Morgan fingerprint density at radius 2 is 1.96 bits per heavy atom. The molecule has 5 nitrogen and oxygen atoms in total. The lowest BCUT2D eigenvalue weighted by Gasteiger charge is -2.22. The second kappa shape index (κ2) is 6.93. The van der Waals surface area contributed by atoms with E-state index in [9.17, 15) is 14.0 Å². The molecule has 1 atom stereocenters. The number of fused-ring (bicyclic) bond motifs is 1. The van der Waals surface area contributed by atoms with Crippen LogP contribution in [0.1, 0.15) is 15.9 Å². The maximum atomic E-state index is 13.5. The van der Waals surface area contributed by atoms with Gasteiger partial charge in [0, 0.05) is 10.0 Å². The zero-order valence-corrected chi connectivity index (χ0v) is 15.4. The molecule has 1 aliphatic rings. The quantitative estimate of drug-likeness (QED) is 0.768. The van der Waals surface area contributed by atoms with Gasteiger partial charge in [-0.1, -0.05) is 15.9 Å². The molecule has 0 fully saturated rings. The van der Waals surface area contributed by atoms with Crippen molar-refractivity contribution in [2.24, 2.45) is 0 Å². The normalized spacial score (nSPS) is 14.6. The third-order valence-corrected chi connectivity index (χ3v) is 4.59. The van der Waals surface area contributed by atoms with Gasteiger partial charge in [0.15, 0.2) is 6.67 Å². The molecule has 130 valence electrons. The number of hydrogen-bond donors (Lipinski definition) is 1. The third kappa shape index (κ3) is 3.43. The number of halogens is 2. The highest BCUT2D eigenvalue weighted by molar-refractivity contribution is 9.10. The lowest BCUT2D eigenvalue weighted by molar-refractivity contribution is -0.892. The number of rotatable bonds is 5. The summed E-state index contributed by atoms with van der Waals surface area (Å²) in [6.07, 6.45) is 0. The first kappa shape index (κ1) is 17.6. The summed E-state index contributed by atoms with van der Waals surface area (Å²) >= 11 is 3.43. The van der Waals surface area contributed by atoms with Gasteiger partial charge in [0.05, 0.1) is 25.4 Å². The SMILES string of the molecule is COc1ccc(Br)cc1C[NH+](C)CN1C(=O)C(=O)c2ccc(F)cc21. The Bertz CT molecular complexity index is 856. The molecular weight excluding hydrogens is 391 g/mol. The van der Waals surface area contributed by atoms with Gasteiger partial charge in [-0.2, -0.15) is 0 Å². The Morgan fingerprint density at radius 3 is 2.68 bits per heavy atom. The fourth-order valence-electron chi connectivity index (χ4n) is 2.96. The van der Waals surface area contributed by atoms with Crippen molar-refractivity contribution >= 4 is 33.3 Å². The minimum Gasteiger partial charge on any atom is -0.496 e. The molecule has 0 radical (unpaired) electrons. The monoisotopic (exact) mass is 407 g/mol. The number of anilines is 1. The molecule has 7 heteroatoms. The number of methoxy groups -OCH3 is 1. The van der Waals surface area contributed by atoms with Gasteiger partial charge in [-0.05, 0) is 36.4 Å². The van der Waals surface area contributed by atoms with E-state index in [-0.39, 0.29) is 12.2 Å². The summed E-state index contributed by atoms with van der Waals surface area (Å²) in [5.41, 5.74) is 1.54. The van der Waals surface area contributed by atoms with E-state index >= 15 is 0 Å². The van der Waals surface area contributed by atoms with Gasteiger partial charge < -0.3 is 9.64 Å². The Labute approximate surface area is 153 Å². The van der Waals surface area contributed by atoms with Crippen LogP contribution >= 0.6 is 15.9 Å². The molecule has 1 N–H and O–H groups in total. The molecule has 0 bridgehead atoms. The topological polar surface area (TPSA) is 51.1 Å². The van der Waals surface area contributed by atoms with Crippen molar-refractivity contribution in [1.29, 1.82) is 0 Å². The molecule has 3 rings (SSSR count). The number of carbonyl (C=O) groups is 2. The summed E-state index contributed by atoms with van der Waals surface area (Å²) in [6.45, 7) is 0.821. The maximum Gasteiger partial charge on any atom is 0.303 e. The smallest absolute Gasteiger partial charge is 0.303 e. The van der Waals surface area contributed by atoms with Crippen molar-refractivity contribution in [2.75, 3.05) is 25.7 Å². The van der Waals surface area contributed by atoms with Gasteiger partial charge in [-0.15, -0.1) is 0 Å². The van der Waals surface area contributed by atoms with Crippen molar-refractivity contribution in [1.82, 2.24) is 0 Å². The first-order valence-corrected chi connectivity index (χ1v) is 8.49. The predicted octanol–water partition coefficient (Wildman–Crippen LogP) is 1.80. The summed E-state index contributed by atoms with van der Waals surface area (Å²) in [4.78, 5) is 26.6. The zero-order chi connectivity index (χ0) is 18.1. The number of hydrogen-bond acceptors (Lipinski definition) is 3. The van der Waals surface area contributed by atoms with Gasteiger partial charge in [0.2, 0.25) is 0 Å². The number of Topliss-reactive ketones (excluding diaryl/α,β-unsaturated/α-hetero) is 1.